The van der Waals surface area contributed by atoms with E-state index >= 15 is 0 Å². The zero-order valence-electron chi connectivity index (χ0n) is 15.5. The number of imidazole rings is 1. The van der Waals surface area contributed by atoms with Gasteiger partial charge in [0.25, 0.3) is 0 Å². The summed E-state index contributed by atoms with van der Waals surface area (Å²) in [4.78, 5) is 11.5. The Morgan fingerprint density at radius 3 is 2.92 bits per heavy atom. The van der Waals surface area contributed by atoms with Gasteiger partial charge in [0.05, 0.1) is 6.20 Å². The quantitative estimate of drug-likeness (QED) is 0.708. The van der Waals surface area contributed by atoms with E-state index in [0.717, 1.165) is 37.6 Å². The van der Waals surface area contributed by atoms with Gasteiger partial charge in [0.1, 0.15) is 5.82 Å². The van der Waals surface area contributed by atoms with Crippen LogP contribution < -0.4 is 0 Å². The third-order valence-electron chi connectivity index (χ3n) is 5.16. The maximum Gasteiger partial charge on any atom is 0.141 e. The Bertz CT molecular complexity index is 850. The number of hydrogen-bond acceptors (Lipinski definition) is 4. The van der Waals surface area contributed by atoms with Crippen LogP contribution in [0.2, 0.25) is 0 Å². The molecule has 0 bridgehead atoms. The predicted molar refractivity (Wildman–Crippen MR) is 102 cm³/mol. The van der Waals surface area contributed by atoms with E-state index in [2.05, 4.69) is 50.6 Å². The highest BCUT2D eigenvalue weighted by molar-refractivity contribution is 5.54. The van der Waals surface area contributed by atoms with E-state index in [0.29, 0.717) is 6.04 Å². The van der Waals surface area contributed by atoms with Gasteiger partial charge < -0.3 is 4.57 Å². The number of likely N-dealkylation sites (tertiary alicyclic amines) is 1. The average Bonchev–Trinajstić information content (AvgIpc) is 3.29. The van der Waals surface area contributed by atoms with E-state index in [4.69, 9.17) is 0 Å². The Balaban J connectivity index is 1.54. The second-order valence-corrected chi connectivity index (χ2v) is 7.07. The zero-order chi connectivity index (χ0) is 17.9. The number of nitrogens with zero attached hydrogens (tertiary/aromatic N) is 6. The van der Waals surface area contributed by atoms with Crippen LogP contribution >= 0.6 is 0 Å². The normalized spacial score (nSPS) is 18.3. The summed E-state index contributed by atoms with van der Waals surface area (Å²) < 4.78 is 4.40. The molecule has 3 aromatic rings. The van der Waals surface area contributed by atoms with Gasteiger partial charge in [-0.25, -0.2) is 4.98 Å². The number of rotatable bonds is 5. The first kappa shape index (κ1) is 17.0. The van der Waals surface area contributed by atoms with E-state index in [1.54, 1.807) is 0 Å². The molecule has 0 aliphatic carbocycles. The molecule has 0 N–H and O–H groups in total. The van der Waals surface area contributed by atoms with Crippen molar-refractivity contribution < 1.29 is 0 Å². The van der Waals surface area contributed by atoms with E-state index in [9.17, 15) is 0 Å². The highest BCUT2D eigenvalue weighted by atomic mass is 15.3. The molecule has 0 amide bonds. The van der Waals surface area contributed by atoms with Crippen LogP contribution in [-0.2, 0) is 13.1 Å². The lowest BCUT2D eigenvalue weighted by atomic mass is 10.0. The molecule has 26 heavy (non-hydrogen) atoms. The summed E-state index contributed by atoms with van der Waals surface area (Å²) in [6.45, 7) is 8.34. The predicted octanol–water partition coefficient (Wildman–Crippen LogP) is 3.31. The third-order valence-corrected chi connectivity index (χ3v) is 5.16. The molecule has 0 saturated carbocycles. The van der Waals surface area contributed by atoms with Crippen molar-refractivity contribution in [1.29, 1.82) is 0 Å². The topological polar surface area (TPSA) is 51.8 Å². The highest BCUT2D eigenvalue weighted by Crippen LogP contribution is 2.29. The number of piperidine rings is 1. The van der Waals surface area contributed by atoms with Crippen LogP contribution in [0.1, 0.15) is 37.1 Å². The van der Waals surface area contributed by atoms with Crippen molar-refractivity contribution >= 4 is 0 Å². The zero-order valence-corrected chi connectivity index (χ0v) is 15.5. The van der Waals surface area contributed by atoms with E-state index in [1.165, 1.54) is 24.1 Å². The van der Waals surface area contributed by atoms with E-state index < -0.39 is 0 Å². The van der Waals surface area contributed by atoms with Crippen molar-refractivity contribution in [3.63, 3.8) is 0 Å². The Hall–Kier alpha value is -2.47. The fraction of sp³-hybridized carbons (Fsp3) is 0.450. The first-order chi connectivity index (χ1) is 12.7. The fourth-order valence-electron chi connectivity index (χ4n) is 3.92. The lowest BCUT2D eigenvalue weighted by Crippen LogP contribution is -2.36. The van der Waals surface area contributed by atoms with Crippen LogP contribution in [0.15, 0.2) is 43.1 Å². The Morgan fingerprint density at radius 2 is 2.15 bits per heavy atom. The van der Waals surface area contributed by atoms with Gasteiger partial charge in [-0.15, -0.1) is 0 Å². The fourth-order valence-corrected chi connectivity index (χ4v) is 3.92. The molecule has 4 heterocycles. The molecule has 1 saturated heterocycles. The second kappa shape index (κ2) is 7.41. The maximum absolute atomic E-state index is 4.68. The standard InChI is InChI=1S/C20H26N6/c1-3-25-14-17(11-23-25)13-24-9-5-7-19(15-24)26-16(2)10-22-20(26)18-6-4-8-21-12-18/h4,6,8,10-12,14,19H,3,5,7,9,13,15H2,1-2H3. The van der Waals surface area contributed by atoms with Crippen LogP contribution in [0.3, 0.4) is 0 Å². The minimum Gasteiger partial charge on any atom is -0.324 e. The van der Waals surface area contributed by atoms with Gasteiger partial charge in [0, 0.05) is 67.3 Å². The molecule has 3 aromatic heterocycles. The van der Waals surface area contributed by atoms with Crippen molar-refractivity contribution in [3.05, 3.63) is 54.4 Å². The molecule has 1 fully saturated rings. The van der Waals surface area contributed by atoms with Crippen LogP contribution in [0.25, 0.3) is 11.4 Å². The number of aryl methyl sites for hydroxylation is 2. The second-order valence-electron chi connectivity index (χ2n) is 7.07. The van der Waals surface area contributed by atoms with Gasteiger partial charge in [-0.2, -0.15) is 5.10 Å². The first-order valence-electron chi connectivity index (χ1n) is 9.42. The lowest BCUT2D eigenvalue weighted by molar-refractivity contribution is 0.170. The lowest BCUT2D eigenvalue weighted by Gasteiger charge is -2.34. The number of pyridine rings is 1. The summed E-state index contributed by atoms with van der Waals surface area (Å²) in [5.74, 6) is 1.03. The van der Waals surface area contributed by atoms with Crippen LogP contribution in [-0.4, -0.2) is 42.3 Å². The Labute approximate surface area is 154 Å². The highest BCUT2D eigenvalue weighted by Gasteiger charge is 2.25. The van der Waals surface area contributed by atoms with Gasteiger partial charge in [-0.3, -0.25) is 14.6 Å². The Morgan fingerprint density at radius 1 is 1.23 bits per heavy atom. The van der Waals surface area contributed by atoms with Crippen LogP contribution in [0, 0.1) is 6.92 Å². The molecule has 0 spiro atoms. The summed E-state index contributed by atoms with van der Waals surface area (Å²) in [5.41, 5.74) is 3.60. The smallest absolute Gasteiger partial charge is 0.141 e. The van der Waals surface area contributed by atoms with Gasteiger partial charge in [0.2, 0.25) is 0 Å². The molecule has 136 valence electrons. The van der Waals surface area contributed by atoms with Crippen molar-refractivity contribution in [2.24, 2.45) is 0 Å². The van der Waals surface area contributed by atoms with Gasteiger partial charge in [0.15, 0.2) is 0 Å². The Kier molecular flexibility index (Phi) is 4.84. The average molecular weight is 350 g/mol. The molecular formula is C20H26N6. The molecule has 1 unspecified atom stereocenters. The SMILES string of the molecule is CCn1cc(CN2CCCC(n3c(C)cnc3-c3cccnc3)C2)cn1. The van der Waals surface area contributed by atoms with Crippen LogP contribution in [0.5, 0.6) is 0 Å². The van der Waals surface area contributed by atoms with Gasteiger partial charge >= 0.3 is 0 Å². The van der Waals surface area contributed by atoms with E-state index in [1.807, 2.05) is 35.5 Å². The van der Waals surface area contributed by atoms with Crippen LogP contribution in [0.4, 0.5) is 0 Å². The molecule has 1 atom stereocenters. The minimum atomic E-state index is 0.447. The van der Waals surface area contributed by atoms with E-state index in [-0.39, 0.29) is 0 Å². The molecule has 1 aliphatic rings. The number of hydrogen-bond donors (Lipinski definition) is 0. The monoisotopic (exact) mass is 350 g/mol. The molecule has 0 radical (unpaired) electrons. The summed E-state index contributed by atoms with van der Waals surface area (Å²) in [6.07, 6.45) is 12.2. The summed E-state index contributed by atoms with van der Waals surface area (Å²) >= 11 is 0. The summed E-state index contributed by atoms with van der Waals surface area (Å²) in [5, 5.41) is 4.40. The first-order valence-corrected chi connectivity index (χ1v) is 9.42. The molecule has 6 heteroatoms. The van der Waals surface area contributed by atoms with Crippen molar-refractivity contribution in [2.75, 3.05) is 13.1 Å². The molecule has 4 rings (SSSR count). The maximum atomic E-state index is 4.68. The van der Waals surface area contributed by atoms with Crippen molar-refractivity contribution in [3.8, 4) is 11.4 Å². The number of aromatic nitrogens is 5. The van der Waals surface area contributed by atoms with Gasteiger partial charge in [-0.1, -0.05) is 0 Å². The molecule has 6 nitrogen and oxygen atoms in total. The largest absolute Gasteiger partial charge is 0.324 e. The summed E-state index contributed by atoms with van der Waals surface area (Å²) in [7, 11) is 0. The molecular weight excluding hydrogens is 324 g/mol. The molecule has 1 aliphatic heterocycles. The third kappa shape index (κ3) is 3.42. The van der Waals surface area contributed by atoms with Crippen molar-refractivity contribution in [1.82, 2.24) is 29.2 Å². The minimum absolute atomic E-state index is 0.447. The summed E-state index contributed by atoms with van der Waals surface area (Å²) in [6, 6.07) is 4.51. The van der Waals surface area contributed by atoms with Crippen molar-refractivity contribution in [2.45, 2.75) is 45.8 Å². The molecule has 0 aromatic carbocycles. The van der Waals surface area contributed by atoms with Gasteiger partial charge in [-0.05, 0) is 45.4 Å².